The van der Waals surface area contributed by atoms with E-state index in [4.69, 9.17) is 4.74 Å². The van der Waals surface area contributed by atoms with E-state index >= 15 is 0 Å². The Morgan fingerprint density at radius 3 is 2.86 bits per heavy atom. The molecular formula is C12H11NO. The number of rotatable bonds is 0. The Bertz CT molecular complexity index is 430. The molecule has 2 heteroatoms. The lowest BCUT2D eigenvalue weighted by atomic mass is 9.57. The summed E-state index contributed by atoms with van der Waals surface area (Å²) < 4.78 is 6.14. The van der Waals surface area contributed by atoms with Crippen LogP contribution in [0.5, 0.6) is 0 Å². The quantitative estimate of drug-likeness (QED) is 0.565. The molecule has 2 nitrogen and oxygen atoms in total. The van der Waals surface area contributed by atoms with Gasteiger partial charge < -0.3 is 4.74 Å². The van der Waals surface area contributed by atoms with Gasteiger partial charge in [0, 0.05) is 11.8 Å². The van der Waals surface area contributed by atoms with Gasteiger partial charge >= 0.3 is 0 Å². The van der Waals surface area contributed by atoms with E-state index in [1.807, 2.05) is 0 Å². The fourth-order valence-corrected chi connectivity index (χ4v) is 7.19. The fraction of sp³-hybridized carbons (Fsp3) is 0.917. The van der Waals surface area contributed by atoms with Crippen LogP contribution in [0.15, 0.2) is 0 Å². The summed E-state index contributed by atoms with van der Waals surface area (Å²) in [6, 6.07) is 2.58. The van der Waals surface area contributed by atoms with Crippen LogP contribution in [0.1, 0.15) is 6.42 Å². The maximum Gasteiger partial charge on any atom is 0.161 e. The lowest BCUT2D eigenvalue weighted by Crippen LogP contribution is -2.48. The molecule has 0 aromatic carbocycles. The summed E-state index contributed by atoms with van der Waals surface area (Å²) in [7, 11) is 0. The summed E-state index contributed by atoms with van der Waals surface area (Å²) in [5.41, 5.74) is -0.267. The van der Waals surface area contributed by atoms with E-state index in [2.05, 4.69) is 6.07 Å². The van der Waals surface area contributed by atoms with E-state index in [-0.39, 0.29) is 5.60 Å². The third kappa shape index (κ3) is 0.275. The van der Waals surface area contributed by atoms with Gasteiger partial charge in [-0.05, 0) is 41.9 Å². The van der Waals surface area contributed by atoms with Crippen molar-refractivity contribution in [3.8, 4) is 6.07 Å². The molecule has 7 rings (SSSR count). The van der Waals surface area contributed by atoms with Gasteiger partial charge in [-0.3, -0.25) is 0 Å². The van der Waals surface area contributed by atoms with Crippen molar-refractivity contribution in [2.45, 2.75) is 18.1 Å². The second kappa shape index (κ2) is 1.30. The predicted molar refractivity (Wildman–Crippen MR) is 45.8 cm³/mol. The van der Waals surface area contributed by atoms with E-state index in [0.717, 1.165) is 35.5 Å². The van der Waals surface area contributed by atoms with Crippen LogP contribution < -0.4 is 0 Å². The average Bonchev–Trinajstić information content (AvgIpc) is 2.72. The van der Waals surface area contributed by atoms with Gasteiger partial charge in [0.25, 0.3) is 0 Å². The van der Waals surface area contributed by atoms with E-state index in [1.54, 1.807) is 0 Å². The Morgan fingerprint density at radius 2 is 2.00 bits per heavy atom. The molecule has 4 bridgehead atoms. The van der Waals surface area contributed by atoms with Crippen LogP contribution in [0.25, 0.3) is 0 Å². The highest BCUT2D eigenvalue weighted by Crippen LogP contribution is 2.90. The average molecular weight is 185 g/mol. The van der Waals surface area contributed by atoms with Gasteiger partial charge in [-0.2, -0.15) is 5.26 Å². The van der Waals surface area contributed by atoms with Gasteiger partial charge in [0.15, 0.2) is 5.60 Å². The summed E-state index contributed by atoms with van der Waals surface area (Å²) in [5, 5.41) is 9.46. The first kappa shape index (κ1) is 6.12. The first-order valence-electron chi connectivity index (χ1n) is 5.97. The standard InChI is InChI=1S/C12H11NO/c13-2-12-9-4-1-3-5-6(4)10(12)8(5)11(14-12)7(3)9/h3-11H,1H2. The van der Waals surface area contributed by atoms with Crippen LogP contribution in [0.2, 0.25) is 0 Å². The number of hydrogen-bond acceptors (Lipinski definition) is 2. The van der Waals surface area contributed by atoms with Crippen LogP contribution in [0.4, 0.5) is 0 Å². The molecule has 7 fully saturated rings. The van der Waals surface area contributed by atoms with E-state index in [0.29, 0.717) is 17.9 Å². The molecule has 0 aromatic rings. The smallest absolute Gasteiger partial charge is 0.161 e. The summed E-state index contributed by atoms with van der Waals surface area (Å²) >= 11 is 0. The Kier molecular flexibility index (Phi) is 0.568. The molecule has 0 aromatic heterocycles. The van der Waals surface area contributed by atoms with Crippen molar-refractivity contribution in [1.29, 1.82) is 5.26 Å². The zero-order chi connectivity index (χ0) is 8.82. The van der Waals surface area contributed by atoms with Crippen molar-refractivity contribution in [2.75, 3.05) is 0 Å². The van der Waals surface area contributed by atoms with E-state index < -0.39 is 0 Å². The van der Waals surface area contributed by atoms with Crippen molar-refractivity contribution in [1.82, 2.24) is 0 Å². The lowest BCUT2D eigenvalue weighted by molar-refractivity contribution is 0.0122. The van der Waals surface area contributed by atoms with Crippen LogP contribution >= 0.6 is 0 Å². The van der Waals surface area contributed by atoms with Crippen LogP contribution in [0, 0.1) is 58.7 Å². The Labute approximate surface area is 82.2 Å². The zero-order valence-electron chi connectivity index (χ0n) is 7.76. The Balaban J connectivity index is 1.81. The number of nitriles is 1. The van der Waals surface area contributed by atoms with Crippen molar-refractivity contribution in [3.05, 3.63) is 0 Å². The van der Waals surface area contributed by atoms with Crippen LogP contribution in [-0.2, 0) is 4.74 Å². The molecule has 7 aliphatic rings. The molecule has 2 aliphatic heterocycles. The minimum absolute atomic E-state index is 0.267. The SMILES string of the molecule is N#CC12OC3C4C5CC(C6C5C3C61)C42. The second-order valence-corrected chi connectivity index (χ2v) is 6.41. The van der Waals surface area contributed by atoms with Gasteiger partial charge in [-0.25, -0.2) is 0 Å². The fourth-order valence-electron chi connectivity index (χ4n) is 7.19. The first-order chi connectivity index (χ1) is 6.88. The topological polar surface area (TPSA) is 33.0 Å². The number of ether oxygens (including phenoxy) is 1. The van der Waals surface area contributed by atoms with Gasteiger partial charge in [0.05, 0.1) is 12.2 Å². The third-order valence-electron chi connectivity index (χ3n) is 6.88. The summed E-state index contributed by atoms with van der Waals surface area (Å²) in [4.78, 5) is 0. The predicted octanol–water partition coefficient (Wildman–Crippen LogP) is 1.04. The van der Waals surface area contributed by atoms with Crippen molar-refractivity contribution in [2.24, 2.45) is 47.3 Å². The number of hydrogen-bond donors (Lipinski definition) is 0. The van der Waals surface area contributed by atoms with Gasteiger partial charge in [0.2, 0.25) is 0 Å². The summed E-state index contributed by atoms with van der Waals surface area (Å²) in [5.74, 6) is 6.84. The van der Waals surface area contributed by atoms with Gasteiger partial charge in [-0.1, -0.05) is 0 Å². The molecule has 2 saturated heterocycles. The van der Waals surface area contributed by atoms with E-state index in [9.17, 15) is 5.26 Å². The molecule has 0 N–H and O–H groups in total. The molecule has 0 amide bonds. The Morgan fingerprint density at radius 1 is 1.07 bits per heavy atom. The lowest BCUT2D eigenvalue weighted by Gasteiger charge is -2.44. The molecule has 14 heavy (non-hydrogen) atoms. The highest BCUT2D eigenvalue weighted by Gasteiger charge is 2.93. The molecule has 10 unspecified atom stereocenters. The van der Waals surface area contributed by atoms with Crippen LogP contribution in [0.3, 0.4) is 0 Å². The maximum atomic E-state index is 9.46. The highest BCUT2D eigenvalue weighted by atomic mass is 16.5. The van der Waals surface area contributed by atoms with Gasteiger partial charge in [-0.15, -0.1) is 0 Å². The zero-order valence-corrected chi connectivity index (χ0v) is 7.76. The summed E-state index contributed by atoms with van der Waals surface area (Å²) in [6.07, 6.45) is 1.99. The van der Waals surface area contributed by atoms with Crippen LogP contribution in [-0.4, -0.2) is 11.7 Å². The summed E-state index contributed by atoms with van der Waals surface area (Å²) in [6.45, 7) is 0. The van der Waals surface area contributed by atoms with Crippen molar-refractivity contribution in [3.63, 3.8) is 0 Å². The van der Waals surface area contributed by atoms with Crippen molar-refractivity contribution < 1.29 is 4.74 Å². The normalized spacial score (nSPS) is 86.9. The van der Waals surface area contributed by atoms with E-state index in [1.165, 1.54) is 6.42 Å². The maximum absolute atomic E-state index is 9.46. The molecule has 70 valence electrons. The largest absolute Gasteiger partial charge is 0.356 e. The minimum Gasteiger partial charge on any atom is -0.356 e. The monoisotopic (exact) mass is 185 g/mol. The minimum atomic E-state index is -0.267. The Hall–Kier alpha value is -0.550. The van der Waals surface area contributed by atoms with Crippen molar-refractivity contribution >= 4 is 0 Å². The number of nitrogens with zero attached hydrogens (tertiary/aromatic N) is 1. The molecule has 0 spiro atoms. The molecule has 0 radical (unpaired) electrons. The molecule has 5 aliphatic carbocycles. The van der Waals surface area contributed by atoms with Gasteiger partial charge in [0.1, 0.15) is 0 Å². The molecular weight excluding hydrogens is 174 g/mol. The third-order valence-corrected chi connectivity index (χ3v) is 6.88. The molecule has 2 heterocycles. The molecule has 10 atom stereocenters. The highest BCUT2D eigenvalue weighted by molar-refractivity contribution is 5.43. The first-order valence-corrected chi connectivity index (χ1v) is 5.97. The molecule has 5 saturated carbocycles. The second-order valence-electron chi connectivity index (χ2n) is 6.41.